The van der Waals surface area contributed by atoms with Gasteiger partial charge in [0.1, 0.15) is 29.7 Å². The van der Waals surface area contributed by atoms with E-state index in [2.05, 4.69) is 28.2 Å². The maximum Gasteiger partial charge on any atom is 0.251 e. The molecule has 2 fully saturated rings. The molecule has 1 saturated carbocycles. The molecule has 2 aromatic heterocycles. The van der Waals surface area contributed by atoms with Crippen LogP contribution in [0.15, 0.2) is 42.7 Å². The van der Waals surface area contributed by atoms with Crippen LogP contribution < -0.4 is 4.74 Å². The van der Waals surface area contributed by atoms with Crippen molar-refractivity contribution in [3.05, 3.63) is 53.9 Å². The lowest BCUT2D eigenvalue weighted by Gasteiger charge is -2.33. The second-order valence-corrected chi connectivity index (χ2v) is 11.0. The number of carbonyl (C=O) groups is 2. The summed E-state index contributed by atoms with van der Waals surface area (Å²) in [7, 11) is 0. The van der Waals surface area contributed by atoms with Crippen molar-refractivity contribution in [3.8, 4) is 22.9 Å². The van der Waals surface area contributed by atoms with E-state index in [1.54, 1.807) is 4.90 Å². The quantitative estimate of drug-likeness (QED) is 0.490. The molecule has 2 aliphatic heterocycles. The highest BCUT2D eigenvalue weighted by Crippen LogP contribution is 2.35. The van der Waals surface area contributed by atoms with Crippen LogP contribution in [0.25, 0.3) is 27.7 Å². The van der Waals surface area contributed by atoms with Crippen molar-refractivity contribution in [2.75, 3.05) is 26.2 Å². The largest absolute Gasteiger partial charge is 0.489 e. The Morgan fingerprint density at radius 3 is 2.60 bits per heavy atom. The van der Waals surface area contributed by atoms with Gasteiger partial charge in [-0.2, -0.15) is 5.26 Å². The third-order valence-corrected chi connectivity index (χ3v) is 8.16. The van der Waals surface area contributed by atoms with Crippen LogP contribution in [-0.2, 0) is 9.59 Å². The number of fused-ring (bicyclic) bond motifs is 1. The smallest absolute Gasteiger partial charge is 0.251 e. The maximum atomic E-state index is 12.4. The van der Waals surface area contributed by atoms with Crippen LogP contribution >= 0.6 is 0 Å². The van der Waals surface area contributed by atoms with Gasteiger partial charge in [0.15, 0.2) is 0 Å². The van der Waals surface area contributed by atoms with E-state index in [0.717, 1.165) is 53.5 Å². The molecule has 3 aliphatic rings. The molecule has 1 aliphatic carbocycles. The molecule has 9 heteroatoms. The number of aromatic nitrogens is 2. The number of amides is 2. The van der Waals surface area contributed by atoms with Crippen molar-refractivity contribution in [2.45, 2.75) is 51.2 Å². The molecule has 1 saturated heterocycles. The number of aliphatic hydroxyl groups is 1. The van der Waals surface area contributed by atoms with E-state index in [1.165, 1.54) is 12.5 Å². The van der Waals surface area contributed by atoms with Gasteiger partial charge >= 0.3 is 0 Å². The van der Waals surface area contributed by atoms with E-state index < -0.39 is 6.10 Å². The van der Waals surface area contributed by atoms with Gasteiger partial charge in [-0.1, -0.05) is 12.1 Å². The van der Waals surface area contributed by atoms with Crippen molar-refractivity contribution < 1.29 is 19.4 Å². The summed E-state index contributed by atoms with van der Waals surface area (Å²) in [6.07, 6.45) is 8.98. The van der Waals surface area contributed by atoms with E-state index in [0.29, 0.717) is 43.8 Å². The highest BCUT2D eigenvalue weighted by atomic mass is 16.5. The van der Waals surface area contributed by atoms with Crippen LogP contribution in [-0.4, -0.2) is 75.1 Å². The van der Waals surface area contributed by atoms with Gasteiger partial charge in [-0.15, -0.1) is 0 Å². The number of nitriles is 1. The Bertz CT molecular complexity index is 1520. The molecular formula is C31H33N5O4. The number of benzene rings is 1. The number of aromatic amines is 1. The fourth-order valence-corrected chi connectivity index (χ4v) is 5.66. The first-order valence-electron chi connectivity index (χ1n) is 14.0. The van der Waals surface area contributed by atoms with Gasteiger partial charge in [0.05, 0.1) is 5.56 Å². The Balaban J connectivity index is 1.18. The Hall–Kier alpha value is -4.16. The van der Waals surface area contributed by atoms with Crippen molar-refractivity contribution >= 4 is 28.4 Å². The molecule has 4 heterocycles. The topological polar surface area (TPSA) is 123 Å². The molecule has 0 radical (unpaired) electrons. The molecule has 1 unspecified atom stereocenters. The number of nitrogens with zero attached hydrogens (tertiary/aromatic N) is 4. The second-order valence-electron chi connectivity index (χ2n) is 11.0. The molecule has 40 heavy (non-hydrogen) atoms. The fraction of sp³-hybridized carbons (Fsp3) is 0.419. The summed E-state index contributed by atoms with van der Waals surface area (Å²) in [4.78, 5) is 36.0. The minimum absolute atomic E-state index is 0.102. The molecular weight excluding hydrogens is 506 g/mol. The number of aliphatic hydroxyl groups excluding tert-OH is 1. The van der Waals surface area contributed by atoms with E-state index in [9.17, 15) is 20.0 Å². The van der Waals surface area contributed by atoms with Crippen molar-refractivity contribution in [1.29, 1.82) is 5.26 Å². The molecule has 1 atom stereocenters. The lowest BCUT2D eigenvalue weighted by molar-refractivity contribution is -0.141. The number of ether oxygens (including phenoxy) is 1. The number of nitrogens with one attached hydrogen (secondary N) is 1. The zero-order chi connectivity index (χ0) is 27.8. The summed E-state index contributed by atoms with van der Waals surface area (Å²) in [6, 6.07) is 10.1. The molecule has 2 N–H and O–H groups in total. The minimum Gasteiger partial charge on any atom is -0.489 e. The zero-order valence-electron chi connectivity index (χ0n) is 22.6. The standard InChI is InChI=1S/C31H33N5O4/c1-19(37)30(38)35-12-8-25(9-13-35)40-28-5-4-22(14-23(28)16-32)27-18-34-29-26(27)15-24(17-33-29)20-6-10-36(11-7-20)31(39)21-2-3-21/h4-6,14-15,17-19,21,25,37H,2-3,7-13H2,1H3,(H,33,34). The van der Waals surface area contributed by atoms with Crippen molar-refractivity contribution in [1.82, 2.24) is 19.8 Å². The number of pyridine rings is 1. The number of carbonyl (C=O) groups excluding carboxylic acids is 2. The van der Waals surface area contributed by atoms with Crippen LogP contribution in [0.2, 0.25) is 0 Å². The van der Waals surface area contributed by atoms with E-state index in [4.69, 9.17) is 4.74 Å². The number of hydrogen-bond acceptors (Lipinski definition) is 6. The molecule has 2 amide bonds. The Labute approximate surface area is 233 Å². The summed E-state index contributed by atoms with van der Waals surface area (Å²) in [6.45, 7) is 3.90. The van der Waals surface area contributed by atoms with Crippen molar-refractivity contribution in [2.24, 2.45) is 5.92 Å². The Morgan fingerprint density at radius 1 is 1.12 bits per heavy atom. The minimum atomic E-state index is -1.00. The van der Waals surface area contributed by atoms with E-state index in [-0.39, 0.29) is 23.8 Å². The number of likely N-dealkylation sites (tertiary alicyclic amines) is 1. The predicted molar refractivity (Wildman–Crippen MR) is 150 cm³/mol. The Kier molecular flexibility index (Phi) is 7.03. The van der Waals surface area contributed by atoms with Gasteiger partial charge in [-0.25, -0.2) is 4.98 Å². The maximum absolute atomic E-state index is 12.4. The lowest BCUT2D eigenvalue weighted by Crippen LogP contribution is -2.45. The van der Waals surface area contributed by atoms with Crippen LogP contribution in [0.5, 0.6) is 5.75 Å². The molecule has 3 aromatic rings. The highest BCUT2D eigenvalue weighted by Gasteiger charge is 2.34. The first-order chi connectivity index (χ1) is 19.4. The van der Waals surface area contributed by atoms with Crippen molar-refractivity contribution in [3.63, 3.8) is 0 Å². The van der Waals surface area contributed by atoms with Crippen LogP contribution in [0.3, 0.4) is 0 Å². The SMILES string of the molecule is CC(O)C(=O)N1CCC(Oc2ccc(-c3c[nH]c4ncc(C5=CCN(C(=O)C6CC6)CC5)cc34)cc2C#N)CC1. The van der Waals surface area contributed by atoms with E-state index in [1.807, 2.05) is 35.5 Å². The second kappa shape index (κ2) is 10.8. The van der Waals surface area contributed by atoms with E-state index >= 15 is 0 Å². The number of H-pyrrole nitrogens is 1. The number of piperidine rings is 1. The summed E-state index contributed by atoms with van der Waals surface area (Å²) >= 11 is 0. The average Bonchev–Trinajstić information content (AvgIpc) is 3.76. The monoisotopic (exact) mass is 539 g/mol. The molecule has 9 nitrogen and oxygen atoms in total. The summed E-state index contributed by atoms with van der Waals surface area (Å²) in [5.74, 6) is 0.796. The van der Waals surface area contributed by atoms with Gasteiger partial charge in [0.25, 0.3) is 5.91 Å². The predicted octanol–water partition coefficient (Wildman–Crippen LogP) is 3.88. The normalized spacial score (nSPS) is 18.8. The summed E-state index contributed by atoms with van der Waals surface area (Å²) < 4.78 is 6.19. The van der Waals surface area contributed by atoms with Crippen LogP contribution in [0.4, 0.5) is 0 Å². The Morgan fingerprint density at radius 2 is 1.93 bits per heavy atom. The van der Waals surface area contributed by atoms with Gasteiger partial charge in [-0.3, -0.25) is 9.59 Å². The molecule has 206 valence electrons. The summed E-state index contributed by atoms with van der Waals surface area (Å²) in [5, 5.41) is 20.4. The lowest BCUT2D eigenvalue weighted by atomic mass is 9.97. The molecule has 1 aromatic carbocycles. The van der Waals surface area contributed by atoms with Gasteiger partial charge in [0.2, 0.25) is 5.91 Å². The van der Waals surface area contributed by atoms with Gasteiger partial charge in [0, 0.05) is 68.3 Å². The molecule has 6 rings (SSSR count). The molecule has 0 spiro atoms. The van der Waals surface area contributed by atoms with Crippen LogP contribution in [0, 0.1) is 17.2 Å². The highest BCUT2D eigenvalue weighted by molar-refractivity contribution is 5.95. The average molecular weight is 540 g/mol. The number of rotatable bonds is 6. The first kappa shape index (κ1) is 26.1. The van der Waals surface area contributed by atoms with Gasteiger partial charge in [-0.05, 0) is 61.1 Å². The van der Waals surface area contributed by atoms with Crippen LogP contribution in [0.1, 0.15) is 50.2 Å². The fourth-order valence-electron chi connectivity index (χ4n) is 5.66. The number of hydrogen-bond donors (Lipinski definition) is 2. The molecule has 0 bridgehead atoms. The summed E-state index contributed by atoms with van der Waals surface area (Å²) in [5.41, 5.74) is 5.33. The van der Waals surface area contributed by atoms with Gasteiger partial charge < -0.3 is 24.6 Å². The first-order valence-corrected chi connectivity index (χ1v) is 14.0. The zero-order valence-corrected chi connectivity index (χ0v) is 22.6. The third kappa shape index (κ3) is 5.19. The third-order valence-electron chi connectivity index (χ3n) is 8.16.